The van der Waals surface area contributed by atoms with Gasteiger partial charge in [0, 0.05) is 6.54 Å². The van der Waals surface area contributed by atoms with E-state index in [2.05, 4.69) is 17.1 Å². The highest BCUT2D eigenvalue weighted by Crippen LogP contribution is 2.36. The Morgan fingerprint density at radius 2 is 1.89 bits per heavy atom. The summed E-state index contributed by atoms with van der Waals surface area (Å²) in [6, 6.07) is 0. The third kappa shape index (κ3) is 2.54. The van der Waals surface area contributed by atoms with Gasteiger partial charge in [-0.15, -0.1) is 0 Å². The Morgan fingerprint density at radius 3 is 2.58 bits per heavy atom. The van der Waals surface area contributed by atoms with Crippen molar-refractivity contribution in [3.05, 3.63) is 0 Å². The molecule has 0 aromatic carbocycles. The van der Waals surface area contributed by atoms with Gasteiger partial charge >= 0.3 is 0 Å². The predicted molar refractivity (Wildman–Crippen MR) is 76.7 cm³/mol. The van der Waals surface area contributed by atoms with Gasteiger partial charge in [0.25, 0.3) is 0 Å². The molecule has 0 bridgehead atoms. The monoisotopic (exact) mass is 264 g/mol. The first kappa shape index (κ1) is 13.4. The van der Waals surface area contributed by atoms with Gasteiger partial charge in [0.05, 0.1) is 11.7 Å². The maximum Gasteiger partial charge on any atom is 0.244 e. The van der Waals surface area contributed by atoms with Crippen LogP contribution < -0.4 is 5.32 Å². The SMILES string of the molecule is CC1NC2(CCCC2)C(=O)N1CCCC1CCCC1. The number of hydrogen-bond acceptors (Lipinski definition) is 2. The van der Waals surface area contributed by atoms with E-state index in [1.165, 1.54) is 51.4 Å². The molecule has 0 aromatic heterocycles. The average Bonchev–Trinajstić information content (AvgIpc) is 3.08. The van der Waals surface area contributed by atoms with Crippen molar-refractivity contribution in [3.8, 4) is 0 Å². The van der Waals surface area contributed by atoms with Crippen molar-refractivity contribution in [2.75, 3.05) is 6.54 Å². The summed E-state index contributed by atoms with van der Waals surface area (Å²) >= 11 is 0. The highest BCUT2D eigenvalue weighted by Gasteiger charge is 2.50. The lowest BCUT2D eigenvalue weighted by Gasteiger charge is -2.22. The highest BCUT2D eigenvalue weighted by molar-refractivity contribution is 5.89. The molecule has 1 saturated heterocycles. The fourth-order valence-electron chi connectivity index (χ4n) is 4.47. The molecule has 3 aliphatic rings. The molecule has 3 fully saturated rings. The molecule has 1 N–H and O–H groups in total. The molecular weight excluding hydrogens is 236 g/mol. The lowest BCUT2D eigenvalue weighted by molar-refractivity contribution is -0.133. The molecule has 3 nitrogen and oxygen atoms in total. The van der Waals surface area contributed by atoms with Crippen LogP contribution in [-0.4, -0.2) is 29.1 Å². The smallest absolute Gasteiger partial charge is 0.244 e. The first-order chi connectivity index (χ1) is 9.21. The summed E-state index contributed by atoms with van der Waals surface area (Å²) in [5.74, 6) is 1.34. The highest BCUT2D eigenvalue weighted by atomic mass is 16.2. The number of nitrogens with one attached hydrogen (secondary N) is 1. The number of carbonyl (C=O) groups excluding carboxylic acids is 1. The number of carbonyl (C=O) groups is 1. The van der Waals surface area contributed by atoms with E-state index in [1.807, 2.05) is 0 Å². The minimum atomic E-state index is -0.174. The van der Waals surface area contributed by atoms with Crippen molar-refractivity contribution in [3.63, 3.8) is 0 Å². The molecule has 1 unspecified atom stereocenters. The van der Waals surface area contributed by atoms with Gasteiger partial charge in [-0.05, 0) is 38.5 Å². The molecule has 2 saturated carbocycles. The zero-order valence-electron chi connectivity index (χ0n) is 12.3. The van der Waals surface area contributed by atoms with Crippen LogP contribution in [0.25, 0.3) is 0 Å². The van der Waals surface area contributed by atoms with Gasteiger partial charge in [-0.1, -0.05) is 38.5 Å². The van der Waals surface area contributed by atoms with Crippen LogP contribution in [0.15, 0.2) is 0 Å². The molecule has 19 heavy (non-hydrogen) atoms. The number of hydrogen-bond donors (Lipinski definition) is 1. The third-order valence-corrected chi connectivity index (χ3v) is 5.57. The second kappa shape index (κ2) is 5.43. The fourth-order valence-corrected chi connectivity index (χ4v) is 4.47. The largest absolute Gasteiger partial charge is 0.326 e. The van der Waals surface area contributed by atoms with E-state index in [9.17, 15) is 4.79 Å². The van der Waals surface area contributed by atoms with Crippen LogP contribution in [0.5, 0.6) is 0 Å². The Kier molecular flexibility index (Phi) is 3.84. The molecular formula is C16H28N2O. The predicted octanol–water partition coefficient (Wildman–Crippen LogP) is 3.05. The first-order valence-corrected chi connectivity index (χ1v) is 8.30. The van der Waals surface area contributed by atoms with Crippen molar-refractivity contribution >= 4 is 5.91 Å². The third-order valence-electron chi connectivity index (χ3n) is 5.57. The van der Waals surface area contributed by atoms with Crippen LogP contribution in [0.2, 0.25) is 0 Å². The van der Waals surface area contributed by atoms with Gasteiger partial charge < -0.3 is 4.90 Å². The van der Waals surface area contributed by atoms with Gasteiger partial charge in [0.15, 0.2) is 0 Å². The molecule has 1 aliphatic heterocycles. The maximum absolute atomic E-state index is 12.6. The van der Waals surface area contributed by atoms with Crippen LogP contribution in [-0.2, 0) is 4.79 Å². The molecule has 2 aliphatic carbocycles. The summed E-state index contributed by atoms with van der Waals surface area (Å²) in [4.78, 5) is 14.7. The summed E-state index contributed by atoms with van der Waals surface area (Å²) in [5, 5.41) is 3.58. The minimum Gasteiger partial charge on any atom is -0.326 e. The Hall–Kier alpha value is -0.570. The van der Waals surface area contributed by atoms with Gasteiger partial charge in [-0.25, -0.2) is 0 Å². The van der Waals surface area contributed by atoms with E-state index < -0.39 is 0 Å². The topological polar surface area (TPSA) is 32.3 Å². The van der Waals surface area contributed by atoms with Crippen LogP contribution in [0, 0.1) is 5.92 Å². The number of rotatable bonds is 4. The molecule has 1 atom stereocenters. The zero-order valence-corrected chi connectivity index (χ0v) is 12.3. The standard InChI is InChI=1S/C16H28N2O/c1-13-17-16(10-4-5-11-16)15(19)18(13)12-6-9-14-7-2-3-8-14/h13-14,17H,2-12H2,1H3. The molecule has 3 heteroatoms. The fraction of sp³-hybridized carbons (Fsp3) is 0.938. The van der Waals surface area contributed by atoms with E-state index in [0.29, 0.717) is 5.91 Å². The molecule has 3 rings (SSSR count). The van der Waals surface area contributed by atoms with Crippen LogP contribution >= 0.6 is 0 Å². The molecule has 108 valence electrons. The van der Waals surface area contributed by atoms with Crippen LogP contribution in [0.1, 0.15) is 71.1 Å². The summed E-state index contributed by atoms with van der Waals surface area (Å²) in [7, 11) is 0. The zero-order chi connectivity index (χ0) is 13.3. The van der Waals surface area contributed by atoms with Gasteiger partial charge in [-0.3, -0.25) is 10.1 Å². The van der Waals surface area contributed by atoms with E-state index in [1.54, 1.807) is 0 Å². The maximum atomic E-state index is 12.6. The number of nitrogens with zero attached hydrogens (tertiary/aromatic N) is 1. The molecule has 1 amide bonds. The van der Waals surface area contributed by atoms with Crippen LogP contribution in [0.3, 0.4) is 0 Å². The molecule has 1 spiro atoms. The number of amides is 1. The second-order valence-electron chi connectivity index (χ2n) is 6.90. The summed E-state index contributed by atoms with van der Waals surface area (Å²) < 4.78 is 0. The molecule has 0 radical (unpaired) electrons. The Bertz CT molecular complexity index is 330. The lowest BCUT2D eigenvalue weighted by Crippen LogP contribution is -2.44. The minimum absolute atomic E-state index is 0.174. The Balaban J connectivity index is 1.51. The van der Waals surface area contributed by atoms with Crippen molar-refractivity contribution in [1.82, 2.24) is 10.2 Å². The normalized spacial score (nSPS) is 30.9. The summed E-state index contributed by atoms with van der Waals surface area (Å²) in [6.45, 7) is 3.12. The molecule has 0 aromatic rings. The van der Waals surface area contributed by atoms with Gasteiger partial charge in [-0.2, -0.15) is 0 Å². The summed E-state index contributed by atoms with van der Waals surface area (Å²) in [5.41, 5.74) is -0.174. The van der Waals surface area contributed by atoms with E-state index >= 15 is 0 Å². The van der Waals surface area contributed by atoms with E-state index in [4.69, 9.17) is 0 Å². The molecule has 1 heterocycles. The van der Waals surface area contributed by atoms with Crippen molar-refractivity contribution in [2.24, 2.45) is 5.92 Å². The quantitative estimate of drug-likeness (QED) is 0.846. The van der Waals surface area contributed by atoms with Crippen molar-refractivity contribution < 1.29 is 4.79 Å². The van der Waals surface area contributed by atoms with Gasteiger partial charge in [0.1, 0.15) is 0 Å². The van der Waals surface area contributed by atoms with Crippen LogP contribution in [0.4, 0.5) is 0 Å². The second-order valence-corrected chi connectivity index (χ2v) is 6.90. The summed E-state index contributed by atoms with van der Waals surface area (Å²) in [6.07, 6.45) is 13.0. The lowest BCUT2D eigenvalue weighted by atomic mass is 9.97. The average molecular weight is 264 g/mol. The first-order valence-electron chi connectivity index (χ1n) is 8.30. The van der Waals surface area contributed by atoms with Crippen molar-refractivity contribution in [2.45, 2.75) is 82.8 Å². The Morgan fingerprint density at radius 1 is 1.21 bits per heavy atom. The van der Waals surface area contributed by atoms with Gasteiger partial charge in [0.2, 0.25) is 5.91 Å². The van der Waals surface area contributed by atoms with E-state index in [-0.39, 0.29) is 11.7 Å². The Labute approximate surface area is 117 Å². The van der Waals surface area contributed by atoms with Crippen molar-refractivity contribution in [1.29, 1.82) is 0 Å². The van der Waals surface area contributed by atoms with E-state index in [0.717, 1.165) is 25.3 Å².